The Kier molecular flexibility index (Phi) is 8.31. The van der Waals surface area contributed by atoms with Gasteiger partial charge in [0.1, 0.15) is 44.9 Å². The lowest BCUT2D eigenvalue weighted by atomic mass is 10.1. The second-order valence-electron chi connectivity index (χ2n) is 9.02. The topological polar surface area (TPSA) is 111 Å². The van der Waals surface area contributed by atoms with E-state index in [0.717, 1.165) is 46.9 Å². The molecule has 6 aromatic rings. The van der Waals surface area contributed by atoms with E-state index in [1.54, 1.807) is 30.5 Å². The van der Waals surface area contributed by atoms with Gasteiger partial charge in [0.15, 0.2) is 0 Å². The maximum atomic E-state index is 10.3. The van der Waals surface area contributed by atoms with Gasteiger partial charge in [0.25, 0.3) is 0 Å². The van der Waals surface area contributed by atoms with Crippen molar-refractivity contribution in [2.45, 2.75) is 26.2 Å². The van der Waals surface area contributed by atoms with Crippen molar-refractivity contribution >= 4 is 22.1 Å². The fourth-order valence-electron chi connectivity index (χ4n) is 4.05. The van der Waals surface area contributed by atoms with E-state index in [-0.39, 0.29) is 11.5 Å². The SMILES string of the molecule is CCC=COCCCc1ccc(-n2nc3ccccc3n2)c(O)c1.Oc1ccccc1-n1nc2ccccc2n1. The Balaban J connectivity index is 0.000000174. The van der Waals surface area contributed by atoms with Crippen LogP contribution >= 0.6 is 0 Å². The Morgan fingerprint density at radius 3 is 1.73 bits per heavy atom. The number of aromatic hydroxyl groups is 2. The van der Waals surface area contributed by atoms with Crippen molar-refractivity contribution in [2.75, 3.05) is 6.61 Å². The van der Waals surface area contributed by atoms with Crippen molar-refractivity contribution in [3.8, 4) is 22.9 Å². The van der Waals surface area contributed by atoms with Crippen LogP contribution < -0.4 is 0 Å². The number of allylic oxidation sites excluding steroid dienone is 1. The van der Waals surface area contributed by atoms with E-state index in [1.807, 2.05) is 72.8 Å². The number of nitrogens with zero attached hydrogens (tertiary/aromatic N) is 6. The van der Waals surface area contributed by atoms with Crippen LogP contribution in [0.4, 0.5) is 0 Å². The number of hydrogen-bond donors (Lipinski definition) is 2. The molecule has 202 valence electrons. The minimum atomic E-state index is 0.169. The highest BCUT2D eigenvalue weighted by molar-refractivity contribution is 5.74. The van der Waals surface area contributed by atoms with Gasteiger partial charge in [-0.3, -0.25) is 0 Å². The molecule has 0 fully saturated rings. The second kappa shape index (κ2) is 12.6. The number of rotatable bonds is 8. The van der Waals surface area contributed by atoms with Gasteiger partial charge < -0.3 is 14.9 Å². The van der Waals surface area contributed by atoms with Crippen LogP contribution in [0.1, 0.15) is 25.3 Å². The third kappa shape index (κ3) is 6.27. The van der Waals surface area contributed by atoms with E-state index < -0.39 is 0 Å². The molecular formula is C31H30N6O3. The molecule has 9 nitrogen and oxygen atoms in total. The highest BCUT2D eigenvalue weighted by Gasteiger charge is 2.09. The Labute approximate surface area is 231 Å². The van der Waals surface area contributed by atoms with Crippen LogP contribution in [0.2, 0.25) is 0 Å². The van der Waals surface area contributed by atoms with Crippen molar-refractivity contribution in [2.24, 2.45) is 0 Å². The van der Waals surface area contributed by atoms with Crippen LogP contribution in [0.5, 0.6) is 11.5 Å². The summed E-state index contributed by atoms with van der Waals surface area (Å²) in [7, 11) is 0. The number of aromatic nitrogens is 6. The van der Waals surface area contributed by atoms with Gasteiger partial charge in [0.05, 0.1) is 12.9 Å². The maximum Gasteiger partial charge on any atom is 0.143 e. The number of aryl methyl sites for hydroxylation is 1. The lowest BCUT2D eigenvalue weighted by Crippen LogP contribution is -2.00. The Morgan fingerprint density at radius 2 is 1.20 bits per heavy atom. The lowest BCUT2D eigenvalue weighted by Gasteiger charge is -2.06. The van der Waals surface area contributed by atoms with Crippen molar-refractivity contribution in [1.29, 1.82) is 0 Å². The molecule has 0 bridgehead atoms. The minimum absolute atomic E-state index is 0.169. The molecule has 4 aromatic carbocycles. The summed E-state index contributed by atoms with van der Waals surface area (Å²) in [6.45, 7) is 2.74. The molecule has 0 spiro atoms. The zero-order valence-electron chi connectivity index (χ0n) is 22.1. The van der Waals surface area contributed by atoms with Crippen molar-refractivity contribution in [1.82, 2.24) is 30.0 Å². The van der Waals surface area contributed by atoms with Gasteiger partial charge in [0, 0.05) is 0 Å². The average Bonchev–Trinajstić information content (AvgIpc) is 3.60. The number of fused-ring (bicyclic) bond motifs is 2. The zero-order valence-corrected chi connectivity index (χ0v) is 22.1. The molecule has 0 aliphatic rings. The lowest BCUT2D eigenvalue weighted by molar-refractivity contribution is 0.244. The summed E-state index contributed by atoms with van der Waals surface area (Å²) in [5, 5.41) is 37.4. The van der Waals surface area contributed by atoms with Crippen molar-refractivity contribution in [3.05, 3.63) is 109 Å². The predicted molar refractivity (Wildman–Crippen MR) is 155 cm³/mol. The van der Waals surface area contributed by atoms with Gasteiger partial charge in [-0.1, -0.05) is 55.5 Å². The first-order chi connectivity index (χ1) is 19.6. The highest BCUT2D eigenvalue weighted by atomic mass is 16.5. The molecule has 0 atom stereocenters. The van der Waals surface area contributed by atoms with Crippen LogP contribution in [0.3, 0.4) is 0 Å². The maximum absolute atomic E-state index is 10.3. The summed E-state index contributed by atoms with van der Waals surface area (Å²) >= 11 is 0. The first kappa shape index (κ1) is 26.4. The predicted octanol–water partition coefficient (Wildman–Crippen LogP) is 6.13. The molecule has 0 saturated heterocycles. The molecule has 0 amide bonds. The summed E-state index contributed by atoms with van der Waals surface area (Å²) in [5.74, 6) is 0.349. The van der Waals surface area contributed by atoms with Crippen LogP contribution in [0, 0.1) is 0 Å². The van der Waals surface area contributed by atoms with Gasteiger partial charge in [-0.25, -0.2) is 0 Å². The minimum Gasteiger partial charge on any atom is -0.506 e. The van der Waals surface area contributed by atoms with Crippen LogP contribution in [0.15, 0.2) is 103 Å². The summed E-state index contributed by atoms with van der Waals surface area (Å²) in [4.78, 5) is 2.92. The van der Waals surface area contributed by atoms with Crippen LogP contribution in [0.25, 0.3) is 33.4 Å². The Hall–Kier alpha value is -5.18. The standard InChI is InChI=1S/C19H21N3O2.C12H9N3O/c1-2-3-12-24-13-6-7-15-10-11-18(19(23)14-15)22-20-16-8-4-5-9-17(16)21-22;16-12-8-4-3-7-11(12)15-13-9-5-1-2-6-10(9)14-15/h3-5,8-12,14,23H,2,6-7,13H2,1H3;1-8,16H. The van der Waals surface area contributed by atoms with Gasteiger partial charge >= 0.3 is 0 Å². The molecule has 6 rings (SSSR count). The summed E-state index contributed by atoms with van der Waals surface area (Å²) < 4.78 is 5.39. The monoisotopic (exact) mass is 534 g/mol. The van der Waals surface area contributed by atoms with E-state index >= 15 is 0 Å². The summed E-state index contributed by atoms with van der Waals surface area (Å²) in [6, 6.07) is 27.8. The van der Waals surface area contributed by atoms with E-state index in [4.69, 9.17) is 4.74 Å². The van der Waals surface area contributed by atoms with E-state index in [2.05, 4.69) is 27.3 Å². The molecule has 0 aliphatic carbocycles. The summed E-state index contributed by atoms with van der Waals surface area (Å²) in [5.41, 5.74) is 5.46. The van der Waals surface area contributed by atoms with Crippen molar-refractivity contribution in [3.63, 3.8) is 0 Å². The molecule has 0 radical (unpaired) electrons. The first-order valence-corrected chi connectivity index (χ1v) is 13.1. The second-order valence-corrected chi connectivity index (χ2v) is 9.02. The molecule has 0 saturated carbocycles. The molecule has 0 aliphatic heterocycles. The van der Waals surface area contributed by atoms with E-state index in [0.29, 0.717) is 18.0 Å². The first-order valence-electron chi connectivity index (χ1n) is 13.1. The average molecular weight is 535 g/mol. The van der Waals surface area contributed by atoms with Gasteiger partial charge in [0.2, 0.25) is 0 Å². The highest BCUT2D eigenvalue weighted by Crippen LogP contribution is 2.24. The fourth-order valence-corrected chi connectivity index (χ4v) is 4.05. The van der Waals surface area contributed by atoms with Gasteiger partial charge in [-0.05, 0) is 73.4 Å². The van der Waals surface area contributed by atoms with Gasteiger partial charge in [-0.15, -0.1) is 30.0 Å². The molecule has 2 heterocycles. The smallest absolute Gasteiger partial charge is 0.143 e. The fraction of sp³-hybridized carbons (Fsp3) is 0.161. The summed E-state index contributed by atoms with van der Waals surface area (Å²) in [6.07, 6.45) is 6.46. The Morgan fingerprint density at radius 1 is 0.675 bits per heavy atom. The Bertz CT molecular complexity index is 1670. The number of ether oxygens (including phenoxy) is 1. The molecule has 40 heavy (non-hydrogen) atoms. The molecular weight excluding hydrogens is 504 g/mol. The molecule has 2 aromatic heterocycles. The third-order valence-corrected chi connectivity index (χ3v) is 6.08. The molecule has 0 unspecified atom stereocenters. The van der Waals surface area contributed by atoms with Crippen LogP contribution in [-0.4, -0.2) is 46.8 Å². The van der Waals surface area contributed by atoms with Crippen LogP contribution in [-0.2, 0) is 11.2 Å². The van der Waals surface area contributed by atoms with E-state index in [1.165, 1.54) is 9.59 Å². The number of benzene rings is 4. The quantitative estimate of drug-likeness (QED) is 0.179. The third-order valence-electron chi connectivity index (χ3n) is 6.08. The normalized spacial score (nSPS) is 11.1. The molecule has 2 N–H and O–H groups in total. The zero-order chi connectivity index (χ0) is 27.7. The van der Waals surface area contributed by atoms with Gasteiger partial charge in [-0.2, -0.15) is 0 Å². The number of para-hydroxylation sites is 2. The number of hydrogen-bond acceptors (Lipinski definition) is 7. The van der Waals surface area contributed by atoms with E-state index in [9.17, 15) is 10.2 Å². The van der Waals surface area contributed by atoms with Crippen molar-refractivity contribution < 1.29 is 14.9 Å². The largest absolute Gasteiger partial charge is 0.506 e. The number of phenolic OH excluding ortho intramolecular Hbond substituents is 2. The number of phenols is 2. The molecule has 9 heteroatoms.